The van der Waals surface area contributed by atoms with Crippen LogP contribution in [0.15, 0.2) is 71.3 Å². The van der Waals surface area contributed by atoms with Gasteiger partial charge < -0.3 is 19.0 Å². The van der Waals surface area contributed by atoms with E-state index in [1.165, 1.54) is 12.1 Å². The summed E-state index contributed by atoms with van der Waals surface area (Å²) in [4.78, 5) is 2.10. The summed E-state index contributed by atoms with van der Waals surface area (Å²) in [5.41, 5.74) is 2.04. The Balaban J connectivity index is 1.61. The number of nitrogens with zero attached hydrogens (tertiary/aromatic N) is 1. The number of hydrogen-bond donors (Lipinski definition) is 1. The maximum Gasteiger partial charge on any atom is 0.129 e. The van der Waals surface area contributed by atoms with E-state index < -0.39 is 6.10 Å². The summed E-state index contributed by atoms with van der Waals surface area (Å²) >= 11 is 0. The van der Waals surface area contributed by atoms with Crippen LogP contribution in [0.2, 0.25) is 0 Å². The van der Waals surface area contributed by atoms with Crippen molar-refractivity contribution in [2.24, 2.45) is 0 Å². The first kappa shape index (κ1) is 21.0. The average Bonchev–Trinajstić information content (AvgIpc) is 3.23. The van der Waals surface area contributed by atoms with Crippen LogP contribution in [0.5, 0.6) is 5.75 Å². The van der Waals surface area contributed by atoms with E-state index in [9.17, 15) is 9.50 Å². The van der Waals surface area contributed by atoms with Crippen molar-refractivity contribution < 1.29 is 23.4 Å². The molecule has 5 nitrogen and oxygen atoms in total. The number of methoxy groups -OCH3 is 1. The number of halogens is 1. The van der Waals surface area contributed by atoms with Gasteiger partial charge in [-0.05, 0) is 47.5 Å². The average molecular weight is 399 g/mol. The third kappa shape index (κ3) is 7.02. The zero-order valence-corrected chi connectivity index (χ0v) is 16.5. The van der Waals surface area contributed by atoms with Crippen LogP contribution in [0.25, 0.3) is 0 Å². The molecule has 0 spiro atoms. The van der Waals surface area contributed by atoms with Gasteiger partial charge in [-0.15, -0.1) is 0 Å². The van der Waals surface area contributed by atoms with Crippen LogP contribution in [-0.2, 0) is 24.4 Å². The van der Waals surface area contributed by atoms with Crippen molar-refractivity contribution in [3.05, 3.63) is 89.6 Å². The molecule has 0 aliphatic carbocycles. The lowest BCUT2D eigenvalue weighted by atomic mass is 10.1. The zero-order valence-electron chi connectivity index (χ0n) is 16.5. The normalized spacial score (nSPS) is 12.3. The monoisotopic (exact) mass is 399 g/mol. The Bertz CT molecular complexity index is 852. The van der Waals surface area contributed by atoms with Gasteiger partial charge in [0.2, 0.25) is 0 Å². The molecule has 6 heteroatoms. The van der Waals surface area contributed by atoms with E-state index in [2.05, 4.69) is 4.90 Å². The lowest BCUT2D eigenvalue weighted by Gasteiger charge is -2.25. The molecular weight excluding hydrogens is 373 g/mol. The molecule has 3 aromatic rings. The second kappa shape index (κ2) is 10.8. The molecule has 0 aliphatic rings. The molecule has 0 amide bonds. The van der Waals surface area contributed by atoms with Crippen molar-refractivity contribution >= 4 is 0 Å². The summed E-state index contributed by atoms with van der Waals surface area (Å²) in [6.07, 6.45) is 0.921. The standard InChI is InChI=1S/C23H26FNO4/c1-27-22-5-2-4-19(12-22)14-25(13-18-7-9-20(24)10-8-18)15-21(26)16-28-17-23-6-3-11-29-23/h2-12,21,26H,13-17H2,1H3/t21-/m0/s1. The van der Waals surface area contributed by atoms with Crippen LogP contribution in [-0.4, -0.2) is 36.4 Å². The van der Waals surface area contributed by atoms with Gasteiger partial charge in [0.1, 0.15) is 23.9 Å². The van der Waals surface area contributed by atoms with Crippen molar-refractivity contribution in [3.63, 3.8) is 0 Å². The van der Waals surface area contributed by atoms with Crippen LogP contribution >= 0.6 is 0 Å². The van der Waals surface area contributed by atoms with Crippen LogP contribution in [0, 0.1) is 5.82 Å². The number of furan rings is 1. The van der Waals surface area contributed by atoms with Crippen molar-refractivity contribution in [3.8, 4) is 5.75 Å². The summed E-state index contributed by atoms with van der Waals surface area (Å²) in [6, 6.07) is 17.9. The third-order valence-corrected chi connectivity index (χ3v) is 4.46. The van der Waals surface area contributed by atoms with E-state index >= 15 is 0 Å². The smallest absolute Gasteiger partial charge is 0.129 e. The van der Waals surface area contributed by atoms with E-state index in [1.54, 1.807) is 31.6 Å². The number of benzene rings is 2. The van der Waals surface area contributed by atoms with Gasteiger partial charge in [-0.25, -0.2) is 4.39 Å². The highest BCUT2D eigenvalue weighted by molar-refractivity contribution is 5.28. The van der Waals surface area contributed by atoms with E-state index in [0.29, 0.717) is 26.2 Å². The molecule has 154 valence electrons. The molecule has 2 aromatic carbocycles. The predicted octanol–water partition coefficient (Wildman–Crippen LogP) is 4.01. The van der Waals surface area contributed by atoms with Crippen LogP contribution in [0.4, 0.5) is 4.39 Å². The van der Waals surface area contributed by atoms with Crippen molar-refractivity contribution in [2.75, 3.05) is 20.3 Å². The third-order valence-electron chi connectivity index (χ3n) is 4.46. The van der Waals surface area contributed by atoms with Gasteiger partial charge in [0, 0.05) is 19.6 Å². The molecule has 0 saturated carbocycles. The molecule has 3 rings (SSSR count). The summed E-state index contributed by atoms with van der Waals surface area (Å²) < 4.78 is 29.3. The van der Waals surface area contributed by atoms with Crippen molar-refractivity contribution in [1.29, 1.82) is 0 Å². The first-order chi connectivity index (χ1) is 14.1. The maximum atomic E-state index is 13.2. The molecule has 29 heavy (non-hydrogen) atoms. The number of rotatable bonds is 11. The number of hydrogen-bond acceptors (Lipinski definition) is 5. The molecular formula is C23H26FNO4. The first-order valence-corrected chi connectivity index (χ1v) is 9.50. The molecule has 0 fully saturated rings. The number of ether oxygens (including phenoxy) is 2. The topological polar surface area (TPSA) is 55.1 Å². The minimum absolute atomic E-state index is 0.193. The highest BCUT2D eigenvalue weighted by Gasteiger charge is 2.14. The number of aliphatic hydroxyl groups is 1. The molecule has 0 bridgehead atoms. The van der Waals surface area contributed by atoms with Gasteiger partial charge >= 0.3 is 0 Å². The van der Waals surface area contributed by atoms with Gasteiger partial charge in [0.05, 0.1) is 26.1 Å². The highest BCUT2D eigenvalue weighted by Crippen LogP contribution is 2.17. The summed E-state index contributed by atoms with van der Waals surface area (Å²) in [6.45, 7) is 2.11. The van der Waals surface area contributed by atoms with Crippen molar-refractivity contribution in [2.45, 2.75) is 25.8 Å². The van der Waals surface area contributed by atoms with Gasteiger partial charge in [-0.1, -0.05) is 24.3 Å². The lowest BCUT2D eigenvalue weighted by Crippen LogP contribution is -2.34. The molecule has 1 heterocycles. The second-order valence-electron chi connectivity index (χ2n) is 6.90. The highest BCUT2D eigenvalue weighted by atomic mass is 19.1. The minimum Gasteiger partial charge on any atom is -0.497 e. The van der Waals surface area contributed by atoms with Crippen molar-refractivity contribution in [1.82, 2.24) is 4.90 Å². The second-order valence-corrected chi connectivity index (χ2v) is 6.90. The molecule has 1 atom stereocenters. The molecule has 0 aliphatic heterocycles. The SMILES string of the molecule is COc1cccc(CN(Cc2ccc(F)cc2)C[C@H](O)COCc2ccco2)c1. The van der Waals surface area contributed by atoms with Crippen LogP contribution < -0.4 is 4.74 Å². The van der Waals surface area contributed by atoms with Gasteiger partial charge in [0.15, 0.2) is 0 Å². The molecule has 1 N–H and O–H groups in total. The van der Waals surface area contributed by atoms with Crippen LogP contribution in [0.3, 0.4) is 0 Å². The van der Waals surface area contributed by atoms with E-state index in [-0.39, 0.29) is 12.4 Å². The first-order valence-electron chi connectivity index (χ1n) is 9.50. The molecule has 0 unspecified atom stereocenters. The largest absolute Gasteiger partial charge is 0.497 e. The molecule has 0 radical (unpaired) electrons. The Kier molecular flexibility index (Phi) is 7.81. The quantitative estimate of drug-likeness (QED) is 0.528. The fraction of sp³-hybridized carbons (Fsp3) is 0.304. The Morgan fingerprint density at radius 1 is 1.03 bits per heavy atom. The van der Waals surface area contributed by atoms with Gasteiger partial charge in [-0.2, -0.15) is 0 Å². The molecule has 1 aromatic heterocycles. The Morgan fingerprint density at radius 2 is 1.83 bits per heavy atom. The minimum atomic E-state index is -0.670. The summed E-state index contributed by atoms with van der Waals surface area (Å²) in [7, 11) is 1.63. The van der Waals surface area contributed by atoms with E-state index in [0.717, 1.165) is 22.6 Å². The number of aliphatic hydroxyl groups excluding tert-OH is 1. The predicted molar refractivity (Wildman–Crippen MR) is 108 cm³/mol. The van der Waals surface area contributed by atoms with Gasteiger partial charge in [0.25, 0.3) is 0 Å². The Labute approximate surface area is 170 Å². The summed E-state index contributed by atoms with van der Waals surface area (Å²) in [5.74, 6) is 1.24. The Hall–Kier alpha value is -2.67. The van der Waals surface area contributed by atoms with Crippen LogP contribution in [0.1, 0.15) is 16.9 Å². The fourth-order valence-electron chi connectivity index (χ4n) is 3.10. The van der Waals surface area contributed by atoms with E-state index in [4.69, 9.17) is 13.9 Å². The maximum absolute atomic E-state index is 13.2. The van der Waals surface area contributed by atoms with E-state index in [1.807, 2.05) is 30.3 Å². The lowest BCUT2D eigenvalue weighted by molar-refractivity contribution is 0.00252. The Morgan fingerprint density at radius 3 is 2.55 bits per heavy atom. The molecule has 0 saturated heterocycles. The summed E-state index contributed by atoms with van der Waals surface area (Å²) in [5, 5.41) is 10.5. The van der Waals surface area contributed by atoms with Gasteiger partial charge in [-0.3, -0.25) is 4.90 Å². The zero-order chi connectivity index (χ0) is 20.5. The fourth-order valence-corrected chi connectivity index (χ4v) is 3.10.